The first-order valence-corrected chi connectivity index (χ1v) is 6.87. The first-order chi connectivity index (χ1) is 9.33. The Morgan fingerprint density at radius 1 is 1.42 bits per heavy atom. The molecule has 0 unspecified atom stereocenters. The van der Waals surface area contributed by atoms with Gasteiger partial charge in [-0.15, -0.1) is 15.3 Å². The number of rotatable bonds is 5. The summed E-state index contributed by atoms with van der Waals surface area (Å²) in [6.45, 7) is 0.422. The Morgan fingerprint density at radius 3 is 2.89 bits per heavy atom. The van der Waals surface area contributed by atoms with E-state index < -0.39 is 0 Å². The fourth-order valence-electron chi connectivity index (χ4n) is 2.10. The van der Waals surface area contributed by atoms with Crippen LogP contribution in [0.4, 0.5) is 0 Å². The van der Waals surface area contributed by atoms with E-state index in [2.05, 4.69) is 20.5 Å². The van der Waals surface area contributed by atoms with Crippen molar-refractivity contribution in [3.63, 3.8) is 0 Å². The Bertz CT molecular complexity index is 590. The minimum atomic E-state index is 0.352. The molecule has 0 atom stereocenters. The molecule has 7 nitrogen and oxygen atoms in total. The molecule has 0 radical (unpaired) electrons. The van der Waals surface area contributed by atoms with E-state index in [4.69, 9.17) is 4.74 Å². The van der Waals surface area contributed by atoms with Crippen molar-refractivity contribution in [2.45, 2.75) is 31.8 Å². The highest BCUT2D eigenvalue weighted by Crippen LogP contribution is 2.38. The number of nitrogens with zero attached hydrogens (tertiary/aromatic N) is 5. The summed E-state index contributed by atoms with van der Waals surface area (Å²) in [4.78, 5) is 11.1. The molecular formula is C11H13N5O2S. The van der Waals surface area contributed by atoms with Crippen LogP contribution >= 0.6 is 11.3 Å². The van der Waals surface area contributed by atoms with E-state index in [1.165, 1.54) is 17.8 Å². The number of ether oxygens (including phenoxy) is 1. The molecule has 1 fully saturated rings. The van der Waals surface area contributed by atoms with Gasteiger partial charge in [0.2, 0.25) is 5.13 Å². The fourth-order valence-corrected chi connectivity index (χ4v) is 2.87. The minimum Gasteiger partial charge on any atom is -0.377 e. The molecule has 3 rings (SSSR count). The second-order valence-corrected chi connectivity index (χ2v) is 5.47. The monoisotopic (exact) mass is 279 g/mol. The zero-order chi connectivity index (χ0) is 13.2. The molecule has 0 N–H and O–H groups in total. The van der Waals surface area contributed by atoms with Gasteiger partial charge in [-0.05, 0) is 12.8 Å². The van der Waals surface area contributed by atoms with E-state index in [-0.39, 0.29) is 0 Å². The van der Waals surface area contributed by atoms with Crippen molar-refractivity contribution in [1.82, 2.24) is 25.2 Å². The van der Waals surface area contributed by atoms with Crippen LogP contribution in [0.15, 0.2) is 0 Å². The molecule has 0 amide bonds. The van der Waals surface area contributed by atoms with Gasteiger partial charge in [0, 0.05) is 13.0 Å². The highest BCUT2D eigenvalue weighted by molar-refractivity contribution is 7.13. The quantitative estimate of drug-likeness (QED) is 0.768. The zero-order valence-electron chi connectivity index (χ0n) is 10.4. The topological polar surface area (TPSA) is 82.8 Å². The van der Waals surface area contributed by atoms with Crippen LogP contribution in [0, 0.1) is 0 Å². The number of hydrogen-bond donors (Lipinski definition) is 0. The highest BCUT2D eigenvalue weighted by Gasteiger charge is 2.29. The first-order valence-electron chi connectivity index (χ1n) is 6.06. The van der Waals surface area contributed by atoms with Gasteiger partial charge in [-0.25, -0.2) is 0 Å². The Labute approximate surface area is 113 Å². The summed E-state index contributed by atoms with van der Waals surface area (Å²) < 4.78 is 6.66. The first kappa shape index (κ1) is 12.4. The van der Waals surface area contributed by atoms with Crippen molar-refractivity contribution < 1.29 is 9.53 Å². The fraction of sp³-hybridized carbons (Fsp3) is 0.545. The summed E-state index contributed by atoms with van der Waals surface area (Å²) in [7, 11) is 1.61. The van der Waals surface area contributed by atoms with E-state index in [0.29, 0.717) is 23.4 Å². The van der Waals surface area contributed by atoms with E-state index in [0.717, 1.165) is 29.8 Å². The number of hydrogen-bond acceptors (Lipinski definition) is 7. The zero-order valence-corrected chi connectivity index (χ0v) is 11.3. The molecule has 100 valence electrons. The molecule has 0 saturated heterocycles. The third-order valence-electron chi connectivity index (χ3n) is 3.24. The van der Waals surface area contributed by atoms with Crippen LogP contribution in [0.3, 0.4) is 0 Å². The van der Waals surface area contributed by atoms with Gasteiger partial charge in [0.05, 0.1) is 5.69 Å². The van der Waals surface area contributed by atoms with Gasteiger partial charge >= 0.3 is 0 Å². The number of aldehydes is 1. The average molecular weight is 279 g/mol. The Balaban J connectivity index is 1.98. The van der Waals surface area contributed by atoms with Crippen LogP contribution in [0.2, 0.25) is 0 Å². The summed E-state index contributed by atoms with van der Waals surface area (Å²) in [6, 6.07) is 0. The lowest BCUT2D eigenvalue weighted by atomic mass is 9.82. The molecule has 2 aromatic heterocycles. The summed E-state index contributed by atoms with van der Waals surface area (Å²) in [5.74, 6) is 0.352. The lowest BCUT2D eigenvalue weighted by Crippen LogP contribution is -2.15. The van der Waals surface area contributed by atoms with E-state index in [1.807, 2.05) is 0 Å². The highest BCUT2D eigenvalue weighted by atomic mass is 32.1. The number of methoxy groups -OCH3 is 1. The SMILES string of the molecule is COCc1nnc(-n2nnc(C=O)c2C2CCC2)s1. The second kappa shape index (κ2) is 5.14. The van der Waals surface area contributed by atoms with E-state index >= 15 is 0 Å². The van der Waals surface area contributed by atoms with E-state index in [1.54, 1.807) is 11.8 Å². The van der Waals surface area contributed by atoms with Crippen molar-refractivity contribution in [3.05, 3.63) is 16.4 Å². The van der Waals surface area contributed by atoms with Crippen LogP contribution < -0.4 is 0 Å². The summed E-state index contributed by atoms with van der Waals surface area (Å²) in [5.41, 5.74) is 1.27. The van der Waals surface area contributed by atoms with Crippen LogP contribution in [-0.4, -0.2) is 38.6 Å². The van der Waals surface area contributed by atoms with Gasteiger partial charge in [0.1, 0.15) is 17.3 Å². The molecule has 1 aliphatic rings. The van der Waals surface area contributed by atoms with Crippen molar-refractivity contribution >= 4 is 17.6 Å². The smallest absolute Gasteiger partial charge is 0.234 e. The maximum Gasteiger partial charge on any atom is 0.234 e. The summed E-state index contributed by atoms with van der Waals surface area (Å²) >= 11 is 1.40. The van der Waals surface area contributed by atoms with Crippen LogP contribution in [-0.2, 0) is 11.3 Å². The van der Waals surface area contributed by atoms with Crippen LogP contribution in [0.25, 0.3) is 5.13 Å². The van der Waals surface area contributed by atoms with Crippen molar-refractivity contribution in [2.75, 3.05) is 7.11 Å². The van der Waals surface area contributed by atoms with Crippen molar-refractivity contribution in [3.8, 4) is 5.13 Å². The molecule has 0 spiro atoms. The Hall–Kier alpha value is -1.67. The average Bonchev–Trinajstić information content (AvgIpc) is 2.94. The number of aromatic nitrogens is 5. The third kappa shape index (κ3) is 2.17. The molecule has 0 aromatic carbocycles. The number of carbonyl (C=O) groups excluding carboxylic acids is 1. The molecule has 0 aliphatic heterocycles. The van der Waals surface area contributed by atoms with E-state index in [9.17, 15) is 4.79 Å². The van der Waals surface area contributed by atoms with Crippen molar-refractivity contribution in [1.29, 1.82) is 0 Å². The second-order valence-electron chi connectivity index (χ2n) is 4.43. The standard InChI is InChI=1S/C11H13N5O2S/c1-18-6-9-13-14-11(19-9)16-10(7-3-2-4-7)8(5-17)12-15-16/h5,7H,2-4,6H2,1H3. The molecular weight excluding hydrogens is 266 g/mol. The maximum atomic E-state index is 11.1. The van der Waals surface area contributed by atoms with Gasteiger partial charge in [-0.2, -0.15) is 4.68 Å². The summed E-state index contributed by atoms with van der Waals surface area (Å²) in [6.07, 6.45) is 4.07. The van der Waals surface area contributed by atoms with Crippen LogP contribution in [0.5, 0.6) is 0 Å². The van der Waals surface area contributed by atoms with Crippen LogP contribution in [0.1, 0.15) is 46.4 Å². The molecule has 8 heteroatoms. The Kier molecular flexibility index (Phi) is 3.34. The lowest BCUT2D eigenvalue weighted by molar-refractivity contribution is 0.111. The predicted octanol–water partition coefficient (Wildman–Crippen LogP) is 1.35. The number of carbonyl (C=O) groups is 1. The Morgan fingerprint density at radius 2 is 2.26 bits per heavy atom. The molecule has 2 heterocycles. The van der Waals surface area contributed by atoms with Gasteiger partial charge < -0.3 is 4.74 Å². The van der Waals surface area contributed by atoms with Crippen molar-refractivity contribution in [2.24, 2.45) is 0 Å². The van der Waals surface area contributed by atoms with Gasteiger partial charge in [0.25, 0.3) is 0 Å². The molecule has 1 saturated carbocycles. The normalized spacial score (nSPS) is 15.4. The minimum absolute atomic E-state index is 0.352. The molecule has 19 heavy (non-hydrogen) atoms. The van der Waals surface area contributed by atoms with Gasteiger partial charge in [-0.3, -0.25) is 4.79 Å². The largest absolute Gasteiger partial charge is 0.377 e. The third-order valence-corrected chi connectivity index (χ3v) is 4.11. The molecule has 2 aromatic rings. The summed E-state index contributed by atoms with van der Waals surface area (Å²) in [5, 5.41) is 17.5. The molecule has 1 aliphatic carbocycles. The van der Waals surface area contributed by atoms with Gasteiger partial charge in [0.15, 0.2) is 6.29 Å². The lowest BCUT2D eigenvalue weighted by Gasteiger charge is -2.25. The maximum absolute atomic E-state index is 11.1. The van der Waals surface area contributed by atoms with Gasteiger partial charge in [-0.1, -0.05) is 23.0 Å². The predicted molar refractivity (Wildman–Crippen MR) is 67.5 cm³/mol. The molecule has 0 bridgehead atoms.